The molecule has 1 heterocycles. The van der Waals surface area contributed by atoms with Crippen LogP contribution in [-0.4, -0.2) is 56.9 Å². The van der Waals surface area contributed by atoms with Gasteiger partial charge in [-0.15, -0.1) is 24.0 Å². The lowest BCUT2D eigenvalue weighted by molar-refractivity contribution is -0.0494. The van der Waals surface area contributed by atoms with E-state index in [0.717, 1.165) is 19.4 Å². The van der Waals surface area contributed by atoms with Gasteiger partial charge in [-0.3, -0.25) is 4.99 Å². The van der Waals surface area contributed by atoms with Crippen molar-refractivity contribution >= 4 is 40.0 Å². The number of aliphatic imine (C=N–C) groups is 1. The van der Waals surface area contributed by atoms with E-state index in [4.69, 9.17) is 0 Å². The zero-order valence-corrected chi connectivity index (χ0v) is 16.3. The topological polar surface area (TPSA) is 73.8 Å². The average molecular weight is 472 g/mol. The molecular formula is C12H24F3IN4O2S. The van der Waals surface area contributed by atoms with Crippen molar-refractivity contribution in [2.24, 2.45) is 4.99 Å². The molecule has 0 aromatic rings. The Morgan fingerprint density at radius 2 is 1.87 bits per heavy atom. The first kappa shape index (κ1) is 22.7. The number of nitrogens with one attached hydrogen (secondary N) is 2. The maximum Gasteiger partial charge on any atom is 0.511 e. The van der Waals surface area contributed by atoms with Crippen molar-refractivity contribution in [3.05, 3.63) is 0 Å². The maximum atomic E-state index is 12.5. The van der Waals surface area contributed by atoms with Gasteiger partial charge < -0.3 is 10.6 Å². The monoisotopic (exact) mass is 472 g/mol. The highest BCUT2D eigenvalue weighted by atomic mass is 127. The summed E-state index contributed by atoms with van der Waals surface area (Å²) in [5.74, 6) is 0.588. The molecule has 0 aliphatic carbocycles. The zero-order valence-electron chi connectivity index (χ0n) is 13.2. The smallest absolute Gasteiger partial charge is 0.356 e. The Labute approximate surface area is 152 Å². The second kappa shape index (κ2) is 9.87. The molecule has 1 saturated heterocycles. The standard InChI is InChI=1S/C12H23F3N4O2S.HI/c1-3-4-7-17-11(16-2)18-10-5-8-19(9-6-10)22(20,21)12(13,14)15;/h10H,3-9H2,1-2H3,(H2,16,17,18);1H. The van der Waals surface area contributed by atoms with E-state index in [2.05, 4.69) is 22.5 Å². The Balaban J connectivity index is 0.00000484. The Hall–Kier alpha value is -0.300. The second-order valence-electron chi connectivity index (χ2n) is 5.12. The van der Waals surface area contributed by atoms with Gasteiger partial charge in [-0.1, -0.05) is 13.3 Å². The Morgan fingerprint density at radius 1 is 1.30 bits per heavy atom. The Bertz CT molecular complexity index is 477. The highest BCUT2D eigenvalue weighted by molar-refractivity contribution is 14.0. The van der Waals surface area contributed by atoms with Crippen LogP contribution in [0.15, 0.2) is 4.99 Å². The predicted octanol–water partition coefficient (Wildman–Crippen LogP) is 1.88. The summed E-state index contributed by atoms with van der Waals surface area (Å²) < 4.78 is 60.6. The summed E-state index contributed by atoms with van der Waals surface area (Å²) in [6.45, 7) is 2.53. The average Bonchev–Trinajstić information content (AvgIpc) is 2.45. The van der Waals surface area contributed by atoms with Crippen LogP contribution in [0.25, 0.3) is 0 Å². The molecule has 138 valence electrons. The molecule has 1 aliphatic heterocycles. The third-order valence-corrected chi connectivity index (χ3v) is 5.10. The van der Waals surface area contributed by atoms with Gasteiger partial charge in [0.1, 0.15) is 0 Å². The van der Waals surface area contributed by atoms with Crippen LogP contribution in [0.1, 0.15) is 32.6 Å². The van der Waals surface area contributed by atoms with Gasteiger partial charge in [-0.25, -0.2) is 8.42 Å². The van der Waals surface area contributed by atoms with Gasteiger partial charge >= 0.3 is 15.5 Å². The number of hydrogen-bond donors (Lipinski definition) is 2. The number of guanidine groups is 1. The number of sulfonamides is 1. The highest BCUT2D eigenvalue weighted by Crippen LogP contribution is 2.28. The van der Waals surface area contributed by atoms with Crippen LogP contribution in [0.5, 0.6) is 0 Å². The molecule has 0 amide bonds. The summed E-state index contributed by atoms with van der Waals surface area (Å²) in [6.07, 6.45) is 2.65. The lowest BCUT2D eigenvalue weighted by atomic mass is 10.1. The molecule has 0 aromatic heterocycles. The van der Waals surface area contributed by atoms with E-state index in [1.165, 1.54) is 0 Å². The number of halogens is 4. The minimum Gasteiger partial charge on any atom is -0.356 e. The number of hydrogen-bond acceptors (Lipinski definition) is 3. The summed E-state index contributed by atoms with van der Waals surface area (Å²) >= 11 is 0. The molecule has 0 atom stereocenters. The molecule has 1 fully saturated rings. The molecule has 2 N–H and O–H groups in total. The second-order valence-corrected chi connectivity index (χ2v) is 7.05. The van der Waals surface area contributed by atoms with E-state index in [9.17, 15) is 21.6 Å². The zero-order chi connectivity index (χ0) is 16.8. The SMILES string of the molecule is CCCCNC(=NC)NC1CCN(S(=O)(=O)C(F)(F)F)CC1.I. The predicted molar refractivity (Wildman–Crippen MR) is 94.4 cm³/mol. The molecule has 23 heavy (non-hydrogen) atoms. The van der Waals surface area contributed by atoms with Crippen LogP contribution in [-0.2, 0) is 10.0 Å². The first-order valence-corrected chi connectivity index (χ1v) is 8.70. The number of unbranched alkanes of at least 4 members (excludes halogenated alkanes) is 1. The Morgan fingerprint density at radius 3 is 2.30 bits per heavy atom. The van der Waals surface area contributed by atoms with Crippen LogP contribution in [0, 0.1) is 0 Å². The van der Waals surface area contributed by atoms with E-state index in [1.54, 1.807) is 7.05 Å². The Kier molecular flexibility index (Phi) is 9.74. The van der Waals surface area contributed by atoms with Crippen LogP contribution in [0.4, 0.5) is 13.2 Å². The van der Waals surface area contributed by atoms with Gasteiger partial charge in [-0.2, -0.15) is 17.5 Å². The van der Waals surface area contributed by atoms with Crippen LogP contribution >= 0.6 is 24.0 Å². The number of alkyl halides is 3. The van der Waals surface area contributed by atoms with E-state index in [1.807, 2.05) is 0 Å². The molecular weight excluding hydrogens is 448 g/mol. The van der Waals surface area contributed by atoms with E-state index in [-0.39, 0.29) is 43.1 Å². The van der Waals surface area contributed by atoms with Crippen molar-refractivity contribution in [2.75, 3.05) is 26.7 Å². The third-order valence-electron chi connectivity index (χ3n) is 3.47. The molecule has 0 unspecified atom stereocenters. The fourth-order valence-corrected chi connectivity index (χ4v) is 3.14. The van der Waals surface area contributed by atoms with Gasteiger partial charge in [0.25, 0.3) is 0 Å². The number of piperidine rings is 1. The first-order chi connectivity index (χ1) is 10.2. The quantitative estimate of drug-likeness (QED) is 0.278. The van der Waals surface area contributed by atoms with Gasteiger partial charge in [0, 0.05) is 32.7 Å². The number of nitrogens with zero attached hydrogens (tertiary/aromatic N) is 2. The summed E-state index contributed by atoms with van der Waals surface area (Å²) in [5.41, 5.74) is -5.23. The van der Waals surface area contributed by atoms with Crippen molar-refractivity contribution in [1.29, 1.82) is 0 Å². The van der Waals surface area contributed by atoms with Gasteiger partial charge in [0.2, 0.25) is 0 Å². The van der Waals surface area contributed by atoms with E-state index >= 15 is 0 Å². The molecule has 0 radical (unpaired) electrons. The molecule has 1 aliphatic rings. The molecule has 6 nitrogen and oxygen atoms in total. The lowest BCUT2D eigenvalue weighted by Crippen LogP contribution is -2.51. The molecule has 0 aromatic carbocycles. The highest BCUT2D eigenvalue weighted by Gasteiger charge is 2.50. The molecule has 11 heteroatoms. The van der Waals surface area contributed by atoms with Gasteiger partial charge in [0.05, 0.1) is 0 Å². The minimum atomic E-state index is -5.23. The first-order valence-electron chi connectivity index (χ1n) is 7.26. The molecule has 0 spiro atoms. The van der Waals surface area contributed by atoms with Gasteiger partial charge in [-0.05, 0) is 19.3 Å². The largest absolute Gasteiger partial charge is 0.511 e. The number of rotatable bonds is 5. The van der Waals surface area contributed by atoms with Crippen LogP contribution < -0.4 is 10.6 Å². The normalized spacial score (nSPS) is 18.4. The minimum absolute atomic E-state index is 0. The fraction of sp³-hybridized carbons (Fsp3) is 0.917. The summed E-state index contributed by atoms with van der Waals surface area (Å²) in [4.78, 5) is 4.04. The third kappa shape index (κ3) is 6.61. The van der Waals surface area contributed by atoms with Crippen molar-refractivity contribution in [3.8, 4) is 0 Å². The fourth-order valence-electron chi connectivity index (χ4n) is 2.16. The summed E-state index contributed by atoms with van der Waals surface area (Å²) in [6, 6.07) is -0.0903. The summed E-state index contributed by atoms with van der Waals surface area (Å²) in [7, 11) is -3.60. The van der Waals surface area contributed by atoms with E-state index < -0.39 is 15.5 Å². The van der Waals surface area contributed by atoms with E-state index in [0.29, 0.717) is 23.1 Å². The molecule has 1 rings (SSSR count). The molecule has 0 bridgehead atoms. The summed E-state index contributed by atoms with van der Waals surface area (Å²) in [5, 5.41) is 6.22. The van der Waals surface area contributed by atoms with Crippen molar-refractivity contribution in [2.45, 2.75) is 44.2 Å². The lowest BCUT2D eigenvalue weighted by Gasteiger charge is -2.32. The maximum absolute atomic E-state index is 12.5. The van der Waals surface area contributed by atoms with Gasteiger partial charge in [0.15, 0.2) is 5.96 Å². The van der Waals surface area contributed by atoms with Crippen LogP contribution in [0.3, 0.4) is 0 Å². The van der Waals surface area contributed by atoms with Crippen molar-refractivity contribution in [1.82, 2.24) is 14.9 Å². The molecule has 0 saturated carbocycles. The van der Waals surface area contributed by atoms with Crippen molar-refractivity contribution in [3.63, 3.8) is 0 Å². The van der Waals surface area contributed by atoms with Crippen LogP contribution in [0.2, 0.25) is 0 Å². The van der Waals surface area contributed by atoms with Crippen molar-refractivity contribution < 1.29 is 21.6 Å².